The highest BCUT2D eigenvalue weighted by Crippen LogP contribution is 2.41. The van der Waals surface area contributed by atoms with E-state index in [0.29, 0.717) is 35.1 Å². The molecule has 4 rings (SSSR count). The number of fused-ring (bicyclic) bond motifs is 1. The van der Waals surface area contributed by atoms with E-state index in [-0.39, 0.29) is 12.5 Å². The number of nitrogens with zero attached hydrogens (tertiary/aromatic N) is 4. The molecular weight excluding hydrogens is 464 g/mol. The first kappa shape index (κ1) is 23.4. The fourth-order valence-electron chi connectivity index (χ4n) is 4.03. The van der Waals surface area contributed by atoms with Gasteiger partial charge in [-0.05, 0) is 36.6 Å². The maximum absolute atomic E-state index is 13.8. The fraction of sp³-hybridized carbons (Fsp3) is 0.409. The summed E-state index contributed by atoms with van der Waals surface area (Å²) < 4.78 is 37.9. The van der Waals surface area contributed by atoms with Gasteiger partial charge in [0.25, 0.3) is 0 Å². The lowest BCUT2D eigenvalue weighted by molar-refractivity contribution is -0.123. The summed E-state index contributed by atoms with van der Waals surface area (Å²) in [5.41, 5.74) is 1.40. The van der Waals surface area contributed by atoms with Crippen LogP contribution in [0.5, 0.6) is 11.5 Å². The molecule has 0 aliphatic carbocycles. The van der Waals surface area contributed by atoms with Crippen LogP contribution in [0.3, 0.4) is 0 Å². The molecule has 1 aliphatic heterocycles. The third kappa shape index (κ3) is 4.80. The molecule has 0 saturated carbocycles. The number of hydrogen-bond donors (Lipinski definition) is 0. The fourth-order valence-corrected chi connectivity index (χ4v) is 6.23. The Hall–Kier alpha value is -2.76. The standard InChI is InChI=1S/C22H26N4O5S2/c1-30-17-9-10-18(31-2)20-19(17)24-22(32-20)25(14-15-7-6-11-23-13-15)21(27)16-8-4-5-12-26(16)33(3,28)29/h6-7,9-11,13,16H,4-5,8,12,14H2,1-3H3. The number of amides is 1. The molecule has 9 nitrogen and oxygen atoms in total. The van der Waals surface area contributed by atoms with Gasteiger partial charge in [-0.25, -0.2) is 13.4 Å². The average molecular weight is 491 g/mol. The molecule has 176 valence electrons. The summed E-state index contributed by atoms with van der Waals surface area (Å²) in [7, 11) is -0.403. The van der Waals surface area contributed by atoms with Gasteiger partial charge in [-0.15, -0.1) is 0 Å². The van der Waals surface area contributed by atoms with Crippen molar-refractivity contribution in [1.29, 1.82) is 0 Å². The Bertz CT molecular complexity index is 1210. The van der Waals surface area contributed by atoms with Crippen LogP contribution in [0.4, 0.5) is 5.13 Å². The van der Waals surface area contributed by atoms with Crippen LogP contribution >= 0.6 is 11.3 Å². The Labute approximate surface area is 197 Å². The number of hydrogen-bond acceptors (Lipinski definition) is 8. The van der Waals surface area contributed by atoms with Crippen LogP contribution in [0.1, 0.15) is 24.8 Å². The number of rotatable bonds is 7. The number of sulfonamides is 1. The van der Waals surface area contributed by atoms with E-state index in [1.165, 1.54) is 15.6 Å². The lowest BCUT2D eigenvalue weighted by atomic mass is 10.0. The Kier molecular flexibility index (Phi) is 6.82. The Balaban J connectivity index is 1.81. The second-order valence-electron chi connectivity index (χ2n) is 7.82. The van der Waals surface area contributed by atoms with Crippen LogP contribution < -0.4 is 14.4 Å². The molecular formula is C22H26N4O5S2. The van der Waals surface area contributed by atoms with Gasteiger partial charge in [0.05, 0.1) is 27.0 Å². The lowest BCUT2D eigenvalue weighted by Crippen LogP contribution is -2.52. The average Bonchev–Trinajstić information content (AvgIpc) is 3.27. The quantitative estimate of drug-likeness (QED) is 0.502. The number of ether oxygens (including phenoxy) is 2. The largest absolute Gasteiger partial charge is 0.495 e. The van der Waals surface area contributed by atoms with E-state index in [1.54, 1.807) is 49.7 Å². The second kappa shape index (κ2) is 9.62. The van der Waals surface area contributed by atoms with Gasteiger partial charge in [-0.3, -0.25) is 14.7 Å². The van der Waals surface area contributed by atoms with Gasteiger partial charge in [-0.2, -0.15) is 4.31 Å². The van der Waals surface area contributed by atoms with Crippen molar-refractivity contribution in [3.63, 3.8) is 0 Å². The zero-order chi connectivity index (χ0) is 23.6. The van der Waals surface area contributed by atoms with Gasteiger partial charge in [0.15, 0.2) is 5.13 Å². The van der Waals surface area contributed by atoms with Crippen molar-refractivity contribution in [2.24, 2.45) is 0 Å². The van der Waals surface area contributed by atoms with Gasteiger partial charge >= 0.3 is 0 Å². The van der Waals surface area contributed by atoms with Crippen molar-refractivity contribution in [3.8, 4) is 11.5 Å². The molecule has 3 aromatic rings. The first-order valence-electron chi connectivity index (χ1n) is 10.5. The number of carbonyl (C=O) groups excluding carboxylic acids is 1. The van der Waals surface area contributed by atoms with E-state index >= 15 is 0 Å². The monoisotopic (exact) mass is 490 g/mol. The van der Waals surface area contributed by atoms with Gasteiger partial charge in [0.1, 0.15) is 27.8 Å². The van der Waals surface area contributed by atoms with Crippen molar-refractivity contribution < 1.29 is 22.7 Å². The molecule has 1 unspecified atom stereocenters. The molecule has 1 atom stereocenters. The summed E-state index contributed by atoms with van der Waals surface area (Å²) in [5.74, 6) is 0.886. The summed E-state index contributed by atoms with van der Waals surface area (Å²) in [4.78, 5) is 24.3. The van der Waals surface area contributed by atoms with E-state index < -0.39 is 16.1 Å². The molecule has 1 saturated heterocycles. The van der Waals surface area contributed by atoms with Crippen molar-refractivity contribution in [2.75, 3.05) is 31.9 Å². The predicted molar refractivity (Wildman–Crippen MR) is 127 cm³/mol. The van der Waals surface area contributed by atoms with E-state index in [2.05, 4.69) is 4.98 Å². The highest BCUT2D eigenvalue weighted by atomic mass is 32.2. The van der Waals surface area contributed by atoms with Crippen LogP contribution in [0.25, 0.3) is 10.2 Å². The Morgan fingerprint density at radius 3 is 2.64 bits per heavy atom. The van der Waals surface area contributed by atoms with Crippen LogP contribution in [0.15, 0.2) is 36.7 Å². The minimum Gasteiger partial charge on any atom is -0.495 e. The van der Waals surface area contributed by atoms with Crippen molar-refractivity contribution in [2.45, 2.75) is 31.8 Å². The van der Waals surface area contributed by atoms with Gasteiger partial charge in [0.2, 0.25) is 15.9 Å². The summed E-state index contributed by atoms with van der Waals surface area (Å²) in [6.07, 6.45) is 6.48. The molecule has 11 heteroatoms. The molecule has 0 N–H and O–H groups in total. The number of benzene rings is 1. The van der Waals surface area contributed by atoms with Gasteiger partial charge in [0, 0.05) is 18.9 Å². The van der Waals surface area contributed by atoms with E-state index in [9.17, 15) is 13.2 Å². The van der Waals surface area contributed by atoms with Crippen molar-refractivity contribution in [1.82, 2.24) is 14.3 Å². The topological polar surface area (TPSA) is 102 Å². The number of methoxy groups -OCH3 is 2. The molecule has 1 aliphatic rings. The molecule has 1 fully saturated rings. The first-order valence-corrected chi connectivity index (χ1v) is 13.2. The number of piperidine rings is 1. The Morgan fingerprint density at radius 2 is 1.97 bits per heavy atom. The molecule has 0 radical (unpaired) electrons. The summed E-state index contributed by atoms with van der Waals surface area (Å²) in [5, 5.41) is 0.445. The highest BCUT2D eigenvalue weighted by molar-refractivity contribution is 7.88. The van der Waals surface area contributed by atoms with Crippen LogP contribution in [-0.2, 0) is 21.4 Å². The van der Waals surface area contributed by atoms with Crippen molar-refractivity contribution in [3.05, 3.63) is 42.2 Å². The predicted octanol–water partition coefficient (Wildman–Crippen LogP) is 3.06. The Morgan fingerprint density at radius 1 is 1.21 bits per heavy atom. The summed E-state index contributed by atoms with van der Waals surface area (Å²) in [6, 6.07) is 6.46. The summed E-state index contributed by atoms with van der Waals surface area (Å²) >= 11 is 1.31. The molecule has 33 heavy (non-hydrogen) atoms. The molecule has 1 aromatic carbocycles. The van der Waals surface area contributed by atoms with Crippen molar-refractivity contribution >= 4 is 42.6 Å². The third-order valence-corrected chi connectivity index (χ3v) is 8.01. The summed E-state index contributed by atoms with van der Waals surface area (Å²) in [6.45, 7) is 0.544. The number of pyridine rings is 1. The van der Waals surface area contributed by atoms with Gasteiger partial charge in [-0.1, -0.05) is 23.8 Å². The molecule has 3 heterocycles. The zero-order valence-electron chi connectivity index (χ0n) is 18.7. The highest BCUT2D eigenvalue weighted by Gasteiger charge is 2.38. The van der Waals surface area contributed by atoms with Gasteiger partial charge < -0.3 is 9.47 Å². The number of carbonyl (C=O) groups is 1. The number of anilines is 1. The number of aromatic nitrogens is 2. The smallest absolute Gasteiger partial charge is 0.247 e. The SMILES string of the molecule is COc1ccc(OC)c2sc(N(Cc3cccnc3)C(=O)C3CCCCN3S(C)(=O)=O)nc12. The van der Waals surface area contributed by atoms with Crippen LogP contribution in [-0.4, -0.2) is 61.7 Å². The molecule has 1 amide bonds. The zero-order valence-corrected chi connectivity index (χ0v) is 20.4. The van der Waals surface area contributed by atoms with E-state index in [0.717, 1.165) is 29.4 Å². The lowest BCUT2D eigenvalue weighted by Gasteiger charge is -2.35. The third-order valence-electron chi connectivity index (χ3n) is 5.62. The maximum Gasteiger partial charge on any atom is 0.247 e. The minimum absolute atomic E-state index is 0.214. The van der Waals surface area contributed by atoms with E-state index in [1.807, 2.05) is 6.07 Å². The normalized spacial score (nSPS) is 17.1. The maximum atomic E-state index is 13.8. The minimum atomic E-state index is -3.54. The second-order valence-corrected chi connectivity index (χ2v) is 10.7. The molecule has 0 spiro atoms. The molecule has 0 bridgehead atoms. The van der Waals surface area contributed by atoms with E-state index in [4.69, 9.17) is 14.5 Å². The number of thiazole rings is 1. The first-order chi connectivity index (χ1) is 15.8. The van der Waals surface area contributed by atoms with Crippen LogP contribution in [0.2, 0.25) is 0 Å². The van der Waals surface area contributed by atoms with Crippen LogP contribution in [0, 0.1) is 0 Å². The molecule has 2 aromatic heterocycles.